The van der Waals surface area contributed by atoms with Crippen molar-refractivity contribution < 1.29 is 23.7 Å². The third-order valence-corrected chi connectivity index (χ3v) is 9.27. The molecule has 1 fully saturated rings. The molecule has 2 aromatic heterocycles. The Kier molecular flexibility index (Phi) is 11.3. The summed E-state index contributed by atoms with van der Waals surface area (Å²) in [6, 6.07) is 38.0. The number of nitrogens with zero attached hydrogens (tertiary/aromatic N) is 5. The summed E-state index contributed by atoms with van der Waals surface area (Å²) in [6.45, 7) is 1.36. The number of aromatic nitrogens is 4. The smallest absolute Gasteiger partial charge is 0.410 e. The summed E-state index contributed by atoms with van der Waals surface area (Å²) >= 11 is 6.42. The van der Waals surface area contributed by atoms with E-state index in [1.165, 1.54) is 0 Å². The molecule has 7 rings (SSSR count). The largest absolute Gasteiger partial charge is 0.445 e. The van der Waals surface area contributed by atoms with Crippen molar-refractivity contribution in [3.63, 3.8) is 0 Å². The fourth-order valence-electron chi connectivity index (χ4n) is 6.51. The second kappa shape index (κ2) is 16.8. The first kappa shape index (κ1) is 35.1. The Morgan fingerprint density at radius 1 is 0.673 bits per heavy atom. The number of likely N-dealkylation sites (tertiary alicyclic amines) is 1. The topological polar surface area (TPSA) is 127 Å². The van der Waals surface area contributed by atoms with Crippen LogP contribution in [0, 0.1) is 0 Å². The van der Waals surface area contributed by atoms with E-state index in [1.807, 2.05) is 126 Å². The molecule has 0 aliphatic carbocycles. The van der Waals surface area contributed by atoms with Crippen molar-refractivity contribution in [1.29, 1.82) is 0 Å². The molecule has 1 aliphatic rings. The molecule has 6 aromatic rings. The van der Waals surface area contributed by atoms with E-state index in [-0.39, 0.29) is 37.5 Å². The number of halogens is 1. The van der Waals surface area contributed by atoms with Gasteiger partial charge in [0.2, 0.25) is 5.95 Å². The molecule has 3 heterocycles. The molecular formula is C40H39ClN6O5. The molecule has 12 heteroatoms. The highest BCUT2D eigenvalue weighted by molar-refractivity contribution is 6.33. The number of hydrogen-bond donors (Lipinski definition) is 1. The van der Waals surface area contributed by atoms with Gasteiger partial charge >= 0.3 is 6.09 Å². The molecule has 4 aromatic carbocycles. The summed E-state index contributed by atoms with van der Waals surface area (Å²) in [7, 11) is 0. The van der Waals surface area contributed by atoms with E-state index in [4.69, 9.17) is 36.3 Å². The fraction of sp³-hybridized carbons (Fsp3) is 0.250. The molecule has 266 valence electrons. The zero-order valence-corrected chi connectivity index (χ0v) is 29.2. The number of benzene rings is 4. The summed E-state index contributed by atoms with van der Waals surface area (Å²) in [5.74, 6) is 0.0120. The Labute approximate surface area is 306 Å². The SMILES string of the molecule is Nc1nc(Cl)c2ncn(C[C@H]3[C@@H](OCc4ccccc4)[C@H](OCc4ccccc4)[C@@H](COCc4ccccc4)N3C(=O)OCc3ccccc3)c2n1. The van der Waals surface area contributed by atoms with Gasteiger partial charge in [0, 0.05) is 6.54 Å². The third kappa shape index (κ3) is 8.41. The number of nitrogens with two attached hydrogens (primary N) is 1. The van der Waals surface area contributed by atoms with Gasteiger partial charge in [-0.15, -0.1) is 0 Å². The van der Waals surface area contributed by atoms with Gasteiger partial charge in [-0.25, -0.2) is 9.78 Å². The molecule has 1 saturated heterocycles. The Balaban J connectivity index is 1.27. The minimum absolute atomic E-state index is 0.0120. The van der Waals surface area contributed by atoms with Gasteiger partial charge in [-0.1, -0.05) is 133 Å². The monoisotopic (exact) mass is 718 g/mol. The van der Waals surface area contributed by atoms with Crippen molar-refractivity contribution in [3.05, 3.63) is 155 Å². The molecule has 0 saturated carbocycles. The molecule has 0 spiro atoms. The lowest BCUT2D eigenvalue weighted by atomic mass is 10.1. The van der Waals surface area contributed by atoms with Crippen molar-refractivity contribution in [2.24, 2.45) is 0 Å². The van der Waals surface area contributed by atoms with Crippen molar-refractivity contribution in [2.45, 2.75) is 57.3 Å². The van der Waals surface area contributed by atoms with E-state index in [2.05, 4.69) is 15.0 Å². The Morgan fingerprint density at radius 2 is 1.17 bits per heavy atom. The molecule has 1 aliphatic heterocycles. The summed E-state index contributed by atoms with van der Waals surface area (Å²) in [5, 5.41) is 0.139. The lowest BCUT2D eigenvalue weighted by Crippen LogP contribution is -2.48. The predicted molar refractivity (Wildman–Crippen MR) is 197 cm³/mol. The van der Waals surface area contributed by atoms with Crippen LogP contribution in [-0.2, 0) is 51.9 Å². The molecule has 0 radical (unpaired) electrons. The van der Waals surface area contributed by atoms with Crippen LogP contribution in [0.4, 0.5) is 10.7 Å². The lowest BCUT2D eigenvalue weighted by molar-refractivity contribution is -0.0870. The quantitative estimate of drug-likeness (QED) is 0.121. The standard InChI is InChI=1S/C40H39ClN6O5/c41-37-34-38(45-39(42)44-37)46(27-43-34)21-32-35(50-23-29-15-7-2-8-16-29)36(51-24-30-17-9-3-10-18-30)33(26-49-22-28-13-5-1-6-14-28)47(32)40(48)52-25-31-19-11-4-12-20-31/h1-20,27,32-33,35-36H,21-26H2,(H2,42,44,45)/t32-,33+,35+,36+/m0/s1. The van der Waals surface area contributed by atoms with E-state index in [1.54, 1.807) is 11.2 Å². The minimum atomic E-state index is -0.634. The summed E-state index contributed by atoms with van der Waals surface area (Å²) < 4.78 is 27.8. The summed E-state index contributed by atoms with van der Waals surface area (Å²) in [6.07, 6.45) is -0.165. The van der Waals surface area contributed by atoms with Gasteiger partial charge in [0.15, 0.2) is 10.8 Å². The average molecular weight is 719 g/mol. The molecule has 0 unspecified atom stereocenters. The van der Waals surface area contributed by atoms with Crippen LogP contribution in [0.1, 0.15) is 22.3 Å². The minimum Gasteiger partial charge on any atom is -0.445 e. The number of ether oxygens (including phenoxy) is 4. The number of imidazole rings is 1. The number of fused-ring (bicyclic) bond motifs is 1. The van der Waals surface area contributed by atoms with Crippen LogP contribution in [0.2, 0.25) is 5.15 Å². The maximum Gasteiger partial charge on any atom is 0.410 e. The maximum atomic E-state index is 14.5. The third-order valence-electron chi connectivity index (χ3n) is 9.01. The second-order valence-corrected chi connectivity index (χ2v) is 12.9. The highest BCUT2D eigenvalue weighted by atomic mass is 35.5. The molecule has 0 bridgehead atoms. The summed E-state index contributed by atoms with van der Waals surface area (Å²) in [4.78, 5) is 29.2. The first-order chi connectivity index (χ1) is 25.5. The van der Waals surface area contributed by atoms with Gasteiger partial charge in [-0.2, -0.15) is 9.97 Å². The van der Waals surface area contributed by atoms with Crippen LogP contribution >= 0.6 is 11.6 Å². The van der Waals surface area contributed by atoms with E-state index in [9.17, 15) is 4.79 Å². The lowest BCUT2D eigenvalue weighted by Gasteiger charge is -2.30. The van der Waals surface area contributed by atoms with Gasteiger partial charge in [0.25, 0.3) is 0 Å². The van der Waals surface area contributed by atoms with Crippen LogP contribution in [0.15, 0.2) is 128 Å². The van der Waals surface area contributed by atoms with E-state index in [0.29, 0.717) is 24.4 Å². The van der Waals surface area contributed by atoms with Crippen molar-refractivity contribution in [3.8, 4) is 0 Å². The Morgan fingerprint density at radius 3 is 1.73 bits per heavy atom. The van der Waals surface area contributed by atoms with Crippen molar-refractivity contribution in [2.75, 3.05) is 12.3 Å². The second-order valence-electron chi connectivity index (χ2n) is 12.5. The van der Waals surface area contributed by atoms with Gasteiger partial charge in [0.05, 0.1) is 44.8 Å². The molecule has 11 nitrogen and oxygen atoms in total. The molecule has 1 amide bonds. The highest BCUT2D eigenvalue weighted by Crippen LogP contribution is 2.35. The van der Waals surface area contributed by atoms with Crippen LogP contribution in [0.5, 0.6) is 0 Å². The van der Waals surface area contributed by atoms with Crippen molar-refractivity contribution in [1.82, 2.24) is 24.4 Å². The van der Waals surface area contributed by atoms with E-state index < -0.39 is 30.4 Å². The first-order valence-electron chi connectivity index (χ1n) is 17.1. The number of hydrogen-bond acceptors (Lipinski definition) is 9. The predicted octanol–water partition coefficient (Wildman–Crippen LogP) is 6.84. The molecule has 4 atom stereocenters. The number of anilines is 1. The van der Waals surface area contributed by atoms with Gasteiger partial charge < -0.3 is 29.2 Å². The zero-order valence-electron chi connectivity index (χ0n) is 28.4. The van der Waals surface area contributed by atoms with Crippen LogP contribution in [0.25, 0.3) is 11.2 Å². The zero-order chi connectivity index (χ0) is 35.7. The Hall–Kier alpha value is -5.33. The number of carbonyl (C=O) groups is 1. The van der Waals surface area contributed by atoms with Gasteiger partial charge in [0.1, 0.15) is 24.3 Å². The molecule has 2 N–H and O–H groups in total. The van der Waals surface area contributed by atoms with Crippen LogP contribution in [-0.4, -0.2) is 61.4 Å². The van der Waals surface area contributed by atoms with Crippen molar-refractivity contribution >= 4 is 34.8 Å². The molecule has 52 heavy (non-hydrogen) atoms. The number of nitrogen functional groups attached to an aromatic ring is 1. The van der Waals surface area contributed by atoms with Crippen LogP contribution < -0.4 is 5.73 Å². The maximum absolute atomic E-state index is 14.5. The van der Waals surface area contributed by atoms with E-state index >= 15 is 0 Å². The normalized spacial score (nSPS) is 18.5. The Bertz CT molecular complexity index is 2040. The number of amides is 1. The van der Waals surface area contributed by atoms with Gasteiger partial charge in [-0.3, -0.25) is 4.90 Å². The number of rotatable bonds is 14. The van der Waals surface area contributed by atoms with Crippen LogP contribution in [0.3, 0.4) is 0 Å². The number of carbonyl (C=O) groups excluding carboxylic acids is 1. The molecular weight excluding hydrogens is 680 g/mol. The van der Waals surface area contributed by atoms with Gasteiger partial charge in [-0.05, 0) is 22.3 Å². The average Bonchev–Trinajstić information content (AvgIpc) is 3.71. The highest BCUT2D eigenvalue weighted by Gasteiger charge is 2.53. The first-order valence-corrected chi connectivity index (χ1v) is 17.5. The fourth-order valence-corrected chi connectivity index (χ4v) is 6.73. The van der Waals surface area contributed by atoms with E-state index in [0.717, 1.165) is 22.3 Å². The summed E-state index contributed by atoms with van der Waals surface area (Å²) in [5.41, 5.74) is 10.7.